The molecule has 0 unspecified atom stereocenters. The van der Waals surface area contributed by atoms with Crippen molar-refractivity contribution in [3.05, 3.63) is 69.0 Å². The van der Waals surface area contributed by atoms with Gasteiger partial charge in [-0.2, -0.15) is 16.8 Å². The topological polar surface area (TPSA) is 112 Å². The number of nitro benzene ring substituents is 1. The van der Waals surface area contributed by atoms with Crippen LogP contribution >= 0.6 is 23.1 Å². The molecule has 162 valence electrons. The maximum atomic E-state index is 12.4. The van der Waals surface area contributed by atoms with E-state index in [1.807, 2.05) is 10.8 Å². The third kappa shape index (κ3) is 5.69. The molecule has 0 aliphatic rings. The van der Waals surface area contributed by atoms with Crippen LogP contribution in [0.2, 0.25) is 0 Å². The number of sulfone groups is 1. The van der Waals surface area contributed by atoms with E-state index in [0.29, 0.717) is 16.9 Å². The Balaban J connectivity index is 2.00. The van der Waals surface area contributed by atoms with Gasteiger partial charge in [0.05, 0.1) is 20.0 Å². The Bertz CT molecular complexity index is 1350. The van der Waals surface area contributed by atoms with Crippen LogP contribution < -0.4 is 4.80 Å². The van der Waals surface area contributed by atoms with Gasteiger partial charge in [0.25, 0.3) is 11.6 Å². The molecule has 3 rings (SSSR count). The molecule has 0 bridgehead atoms. The minimum atomic E-state index is -3.35. The van der Waals surface area contributed by atoms with E-state index in [9.17, 15) is 23.3 Å². The van der Waals surface area contributed by atoms with E-state index in [0.717, 1.165) is 22.2 Å². The van der Waals surface area contributed by atoms with Gasteiger partial charge >= 0.3 is 0 Å². The van der Waals surface area contributed by atoms with Gasteiger partial charge in [0.2, 0.25) is 0 Å². The predicted octanol–water partition coefficient (Wildman–Crippen LogP) is 3.52. The van der Waals surface area contributed by atoms with Crippen molar-refractivity contribution in [2.75, 3.05) is 18.3 Å². The fourth-order valence-corrected chi connectivity index (χ4v) is 5.00. The van der Waals surface area contributed by atoms with Gasteiger partial charge in [-0.3, -0.25) is 14.9 Å². The molecular weight excluding hydrogens is 458 g/mol. The highest BCUT2D eigenvalue weighted by Gasteiger charge is 2.12. The number of thiazole rings is 1. The van der Waals surface area contributed by atoms with Crippen molar-refractivity contribution in [2.24, 2.45) is 4.99 Å². The predicted molar refractivity (Wildman–Crippen MR) is 124 cm³/mol. The van der Waals surface area contributed by atoms with Crippen molar-refractivity contribution in [3.63, 3.8) is 0 Å². The summed E-state index contributed by atoms with van der Waals surface area (Å²) >= 11 is 2.89. The molecule has 11 heteroatoms. The van der Waals surface area contributed by atoms with E-state index in [-0.39, 0.29) is 10.6 Å². The van der Waals surface area contributed by atoms with Crippen LogP contribution in [0.15, 0.2) is 58.4 Å². The Hall–Kier alpha value is -2.76. The largest absolute Gasteiger partial charge is 0.316 e. The molecule has 1 heterocycles. The van der Waals surface area contributed by atoms with Crippen LogP contribution in [0.1, 0.15) is 5.56 Å². The number of amides is 1. The minimum absolute atomic E-state index is 0.0624. The molecule has 0 fully saturated rings. The van der Waals surface area contributed by atoms with E-state index in [4.69, 9.17) is 0 Å². The van der Waals surface area contributed by atoms with Gasteiger partial charge < -0.3 is 4.57 Å². The first-order valence-corrected chi connectivity index (χ1v) is 13.1. The van der Waals surface area contributed by atoms with Gasteiger partial charge in [-0.25, -0.2) is 8.42 Å². The second kappa shape index (κ2) is 9.58. The first kappa shape index (κ1) is 22.9. The molecule has 1 aromatic heterocycles. The number of hydrogen-bond donors (Lipinski definition) is 0. The van der Waals surface area contributed by atoms with E-state index in [1.165, 1.54) is 35.6 Å². The van der Waals surface area contributed by atoms with Gasteiger partial charge in [0.1, 0.15) is 0 Å². The lowest BCUT2D eigenvalue weighted by atomic mass is 10.2. The fraction of sp³-hybridized carbons (Fsp3) is 0.200. The summed E-state index contributed by atoms with van der Waals surface area (Å²) in [6.45, 7) is 0.611. The highest BCUT2D eigenvalue weighted by molar-refractivity contribution is 7.98. The second-order valence-corrected chi connectivity index (χ2v) is 10.6. The molecule has 2 aromatic carbocycles. The number of hydrogen-bond acceptors (Lipinski definition) is 7. The van der Waals surface area contributed by atoms with Gasteiger partial charge in [-0.05, 0) is 36.1 Å². The molecule has 0 saturated heterocycles. The Morgan fingerprint density at radius 3 is 2.74 bits per heavy atom. The lowest BCUT2D eigenvalue weighted by molar-refractivity contribution is -0.384. The molecule has 0 aliphatic heterocycles. The van der Waals surface area contributed by atoms with Crippen LogP contribution in [0.25, 0.3) is 16.3 Å². The second-order valence-electron chi connectivity index (χ2n) is 6.57. The molecule has 0 saturated carbocycles. The quantitative estimate of drug-likeness (QED) is 0.292. The van der Waals surface area contributed by atoms with Gasteiger partial charge in [0.15, 0.2) is 14.6 Å². The lowest BCUT2D eigenvalue weighted by Gasteiger charge is -2.04. The van der Waals surface area contributed by atoms with Gasteiger partial charge in [0, 0.05) is 36.8 Å². The van der Waals surface area contributed by atoms with Crippen LogP contribution in [0.3, 0.4) is 0 Å². The number of non-ortho nitro benzene ring substituents is 1. The number of benzene rings is 2. The first-order chi connectivity index (χ1) is 14.7. The highest BCUT2D eigenvalue weighted by Crippen LogP contribution is 2.22. The standard InChI is InChI=1S/C20H19N3O5S3/c1-29-11-10-22-17-8-7-16(31(2,27)28)13-18(17)30-20(22)21-19(24)9-6-14-4-3-5-15(12-14)23(25)26/h3-9,12-13H,10-11H2,1-2H3. The molecule has 0 atom stereocenters. The Morgan fingerprint density at radius 2 is 2.06 bits per heavy atom. The number of aryl methyl sites for hydroxylation is 1. The minimum Gasteiger partial charge on any atom is -0.316 e. The van der Waals surface area contributed by atoms with Crippen molar-refractivity contribution in [2.45, 2.75) is 11.4 Å². The van der Waals surface area contributed by atoms with Crippen LogP contribution in [0.5, 0.6) is 0 Å². The van der Waals surface area contributed by atoms with Gasteiger partial charge in [-0.15, -0.1) is 0 Å². The Morgan fingerprint density at radius 1 is 1.29 bits per heavy atom. The molecule has 0 N–H and O–H groups in total. The number of carbonyl (C=O) groups excluding carboxylic acids is 1. The maximum absolute atomic E-state index is 12.4. The monoisotopic (exact) mass is 477 g/mol. The molecule has 3 aromatic rings. The van der Waals surface area contributed by atoms with Crippen molar-refractivity contribution < 1.29 is 18.1 Å². The zero-order valence-electron chi connectivity index (χ0n) is 16.7. The van der Waals surface area contributed by atoms with Crippen molar-refractivity contribution in [3.8, 4) is 0 Å². The fourth-order valence-electron chi connectivity index (χ4n) is 2.81. The smallest absolute Gasteiger partial charge is 0.272 e. The molecule has 1 amide bonds. The lowest BCUT2D eigenvalue weighted by Crippen LogP contribution is -2.17. The van der Waals surface area contributed by atoms with Gasteiger partial charge in [-0.1, -0.05) is 23.5 Å². The van der Waals surface area contributed by atoms with Crippen LogP contribution in [-0.4, -0.2) is 42.1 Å². The zero-order valence-corrected chi connectivity index (χ0v) is 19.2. The number of thioether (sulfide) groups is 1. The summed E-state index contributed by atoms with van der Waals surface area (Å²) in [7, 11) is -3.35. The maximum Gasteiger partial charge on any atom is 0.272 e. The van der Waals surface area contributed by atoms with Crippen LogP contribution in [0, 0.1) is 10.1 Å². The van der Waals surface area contributed by atoms with E-state index in [2.05, 4.69) is 4.99 Å². The summed E-state index contributed by atoms with van der Waals surface area (Å²) < 4.78 is 26.4. The third-order valence-corrected chi connectivity index (χ3v) is 7.05. The van der Waals surface area contributed by atoms with Crippen LogP contribution in [0.4, 0.5) is 5.69 Å². The highest BCUT2D eigenvalue weighted by atomic mass is 32.2. The average molecular weight is 478 g/mol. The summed E-state index contributed by atoms with van der Waals surface area (Å²) in [4.78, 5) is 27.7. The number of aromatic nitrogens is 1. The van der Waals surface area contributed by atoms with Crippen molar-refractivity contribution >= 4 is 60.8 Å². The number of rotatable bonds is 7. The molecule has 8 nitrogen and oxygen atoms in total. The van der Waals surface area contributed by atoms with Crippen LogP contribution in [-0.2, 0) is 21.2 Å². The SMILES string of the molecule is CSCCn1c(=NC(=O)C=Cc2cccc([N+](=O)[O-])c2)sc2cc(S(C)(=O)=O)ccc21. The van der Waals surface area contributed by atoms with Crippen molar-refractivity contribution in [1.29, 1.82) is 0 Å². The number of nitro groups is 1. The number of nitrogens with zero attached hydrogens (tertiary/aromatic N) is 3. The summed E-state index contributed by atoms with van der Waals surface area (Å²) in [6, 6.07) is 10.8. The van der Waals surface area contributed by atoms with E-state index >= 15 is 0 Å². The number of fused-ring (bicyclic) bond motifs is 1. The summed E-state index contributed by atoms with van der Waals surface area (Å²) in [5.41, 5.74) is 1.26. The summed E-state index contributed by atoms with van der Waals surface area (Å²) in [5, 5.41) is 10.9. The first-order valence-electron chi connectivity index (χ1n) is 9.02. The molecule has 0 aliphatic carbocycles. The van der Waals surface area contributed by atoms with E-state index < -0.39 is 20.7 Å². The molecule has 0 radical (unpaired) electrons. The normalized spacial score (nSPS) is 12.6. The van der Waals surface area contributed by atoms with Crippen molar-refractivity contribution in [1.82, 2.24) is 4.57 Å². The Kier molecular flexibility index (Phi) is 7.08. The molecular formula is C20H19N3O5S3. The van der Waals surface area contributed by atoms with E-state index in [1.54, 1.807) is 42.1 Å². The Labute approximate surface area is 187 Å². The third-order valence-electron chi connectivity index (χ3n) is 4.31. The molecule has 31 heavy (non-hydrogen) atoms. The zero-order chi connectivity index (χ0) is 22.6. The molecule has 0 spiro atoms. The average Bonchev–Trinajstić information content (AvgIpc) is 3.06. The summed E-state index contributed by atoms with van der Waals surface area (Å²) in [6.07, 6.45) is 5.85. The number of carbonyl (C=O) groups is 1. The summed E-state index contributed by atoms with van der Waals surface area (Å²) in [5.74, 6) is 0.282.